The normalized spacial score (nSPS) is 9.79. The van der Waals surface area contributed by atoms with Gasteiger partial charge in [-0.05, 0) is 31.9 Å². The minimum Gasteiger partial charge on any atom is -0.462 e. The van der Waals surface area contributed by atoms with Gasteiger partial charge in [0.2, 0.25) is 0 Å². The lowest BCUT2D eigenvalue weighted by molar-refractivity contribution is 0.0532. The molecule has 0 saturated carbocycles. The predicted molar refractivity (Wildman–Crippen MR) is 58.8 cm³/mol. The fourth-order valence-electron chi connectivity index (χ4n) is 1.07. The molecular formula is C11H14O2S. The fraction of sp³-hybridized carbons (Fsp3) is 0.364. The van der Waals surface area contributed by atoms with Crippen molar-refractivity contribution in [1.29, 1.82) is 0 Å². The molecule has 0 radical (unpaired) electrons. The van der Waals surface area contributed by atoms with E-state index in [9.17, 15) is 4.79 Å². The first kappa shape index (κ1) is 11.0. The lowest BCUT2D eigenvalue weighted by Crippen LogP contribution is -2.01. The highest BCUT2D eigenvalue weighted by Gasteiger charge is 2.08. The summed E-state index contributed by atoms with van der Waals surface area (Å²) in [6.07, 6.45) is 3.78. The first-order valence-corrected chi connectivity index (χ1v) is 5.46. The van der Waals surface area contributed by atoms with Crippen LogP contribution in [0.15, 0.2) is 24.8 Å². The lowest BCUT2D eigenvalue weighted by atomic mass is 10.2. The highest BCUT2D eigenvalue weighted by atomic mass is 32.1. The Labute approximate surface area is 88.2 Å². The van der Waals surface area contributed by atoms with Gasteiger partial charge in [-0.2, -0.15) is 0 Å². The van der Waals surface area contributed by atoms with E-state index >= 15 is 0 Å². The summed E-state index contributed by atoms with van der Waals surface area (Å²) in [5.74, 6) is -0.220. The lowest BCUT2D eigenvalue weighted by Gasteiger charge is -1.96. The van der Waals surface area contributed by atoms with Crippen molar-refractivity contribution in [3.8, 4) is 0 Å². The van der Waals surface area contributed by atoms with Crippen molar-refractivity contribution in [2.75, 3.05) is 6.61 Å². The van der Waals surface area contributed by atoms with Gasteiger partial charge in [-0.3, -0.25) is 0 Å². The Morgan fingerprint density at radius 2 is 2.43 bits per heavy atom. The minimum absolute atomic E-state index is 0.220. The van der Waals surface area contributed by atoms with Crippen molar-refractivity contribution >= 4 is 17.3 Å². The van der Waals surface area contributed by atoms with Crippen LogP contribution in [0.2, 0.25) is 0 Å². The maximum atomic E-state index is 11.3. The molecule has 3 heteroatoms. The smallest absolute Gasteiger partial charge is 0.348 e. The van der Waals surface area contributed by atoms with Crippen LogP contribution in [0.4, 0.5) is 0 Å². The van der Waals surface area contributed by atoms with E-state index in [2.05, 4.69) is 6.58 Å². The molecule has 2 nitrogen and oxygen atoms in total. The highest BCUT2D eigenvalue weighted by Crippen LogP contribution is 2.18. The Hall–Kier alpha value is -1.09. The topological polar surface area (TPSA) is 26.3 Å². The van der Waals surface area contributed by atoms with E-state index in [1.807, 2.05) is 25.1 Å². The molecule has 1 heterocycles. The molecule has 0 amide bonds. The number of hydrogen-bond acceptors (Lipinski definition) is 3. The summed E-state index contributed by atoms with van der Waals surface area (Å²) in [4.78, 5) is 13.2. The number of rotatable bonds is 5. The molecule has 1 rings (SSSR count). The second kappa shape index (κ2) is 5.60. The van der Waals surface area contributed by atoms with Crippen LogP contribution in [0.25, 0.3) is 0 Å². The number of ether oxygens (including phenoxy) is 1. The third-order valence-corrected chi connectivity index (χ3v) is 2.86. The first-order valence-electron chi connectivity index (χ1n) is 4.64. The van der Waals surface area contributed by atoms with Crippen LogP contribution >= 0.6 is 11.3 Å². The molecule has 0 saturated heterocycles. The molecule has 0 unspecified atom stereocenters. The summed E-state index contributed by atoms with van der Waals surface area (Å²) < 4.78 is 4.90. The Morgan fingerprint density at radius 3 is 3.07 bits per heavy atom. The van der Waals surface area contributed by atoms with Crippen LogP contribution in [0.3, 0.4) is 0 Å². The van der Waals surface area contributed by atoms with Gasteiger partial charge < -0.3 is 4.74 Å². The average Bonchev–Trinajstić information content (AvgIpc) is 2.63. The zero-order valence-electron chi connectivity index (χ0n) is 8.29. The van der Waals surface area contributed by atoms with Gasteiger partial charge in [0, 0.05) is 4.88 Å². The SMILES string of the molecule is C=CCCc1ccc(C(=O)OCC)s1. The number of carbonyl (C=O) groups is 1. The van der Waals surface area contributed by atoms with Gasteiger partial charge in [0.1, 0.15) is 4.88 Å². The van der Waals surface area contributed by atoms with Crippen LogP contribution in [0, 0.1) is 0 Å². The van der Waals surface area contributed by atoms with Gasteiger partial charge in [0.25, 0.3) is 0 Å². The van der Waals surface area contributed by atoms with Gasteiger partial charge in [-0.15, -0.1) is 17.9 Å². The van der Waals surface area contributed by atoms with Crippen molar-refractivity contribution in [2.45, 2.75) is 19.8 Å². The Kier molecular flexibility index (Phi) is 4.40. The molecule has 0 spiro atoms. The number of aryl methyl sites for hydroxylation is 1. The molecule has 0 aliphatic carbocycles. The van der Waals surface area contributed by atoms with Gasteiger partial charge in [0.05, 0.1) is 6.61 Å². The van der Waals surface area contributed by atoms with E-state index in [1.54, 1.807) is 0 Å². The monoisotopic (exact) mass is 210 g/mol. The quantitative estimate of drug-likeness (QED) is 0.551. The fourth-order valence-corrected chi connectivity index (χ4v) is 1.99. The van der Waals surface area contributed by atoms with Crippen LogP contribution in [0.5, 0.6) is 0 Å². The minimum atomic E-state index is -0.220. The van der Waals surface area contributed by atoms with E-state index < -0.39 is 0 Å². The van der Waals surface area contributed by atoms with Crippen molar-refractivity contribution in [2.24, 2.45) is 0 Å². The van der Waals surface area contributed by atoms with Crippen LogP contribution in [0.1, 0.15) is 27.9 Å². The first-order chi connectivity index (χ1) is 6.77. The van der Waals surface area contributed by atoms with Gasteiger partial charge in [-0.25, -0.2) is 4.79 Å². The standard InChI is InChI=1S/C11H14O2S/c1-3-5-6-9-7-8-10(14-9)11(12)13-4-2/h3,7-8H,1,4-6H2,2H3. The number of thiophene rings is 1. The maximum Gasteiger partial charge on any atom is 0.348 e. The Balaban J connectivity index is 2.58. The van der Waals surface area contributed by atoms with Gasteiger partial charge in [0.15, 0.2) is 0 Å². The number of esters is 1. The van der Waals surface area contributed by atoms with Crippen molar-refractivity contribution in [3.63, 3.8) is 0 Å². The summed E-state index contributed by atoms with van der Waals surface area (Å²) in [5, 5.41) is 0. The van der Waals surface area contributed by atoms with Crippen molar-refractivity contribution in [1.82, 2.24) is 0 Å². The molecule has 1 aromatic heterocycles. The van der Waals surface area contributed by atoms with Crippen LogP contribution in [-0.2, 0) is 11.2 Å². The second-order valence-electron chi connectivity index (χ2n) is 2.81. The number of hydrogen-bond donors (Lipinski definition) is 0. The van der Waals surface area contributed by atoms with E-state index in [0.717, 1.165) is 12.8 Å². The molecule has 14 heavy (non-hydrogen) atoms. The van der Waals surface area contributed by atoms with Crippen LogP contribution in [-0.4, -0.2) is 12.6 Å². The Morgan fingerprint density at radius 1 is 1.64 bits per heavy atom. The molecule has 0 aromatic carbocycles. The summed E-state index contributed by atoms with van der Waals surface area (Å²) >= 11 is 1.50. The van der Waals surface area contributed by atoms with Gasteiger partial charge >= 0.3 is 5.97 Å². The van der Waals surface area contributed by atoms with E-state index in [4.69, 9.17) is 4.74 Å². The summed E-state index contributed by atoms with van der Waals surface area (Å²) in [5.41, 5.74) is 0. The third kappa shape index (κ3) is 3.00. The average molecular weight is 210 g/mol. The maximum absolute atomic E-state index is 11.3. The molecule has 0 bridgehead atoms. The molecule has 0 aliphatic rings. The van der Waals surface area contributed by atoms with Gasteiger partial charge in [-0.1, -0.05) is 6.08 Å². The zero-order chi connectivity index (χ0) is 10.4. The van der Waals surface area contributed by atoms with E-state index in [0.29, 0.717) is 11.5 Å². The largest absolute Gasteiger partial charge is 0.462 e. The Bertz CT molecular complexity index is 315. The molecule has 0 fully saturated rings. The zero-order valence-corrected chi connectivity index (χ0v) is 9.10. The second-order valence-corrected chi connectivity index (χ2v) is 3.98. The summed E-state index contributed by atoms with van der Waals surface area (Å²) in [6, 6.07) is 3.79. The third-order valence-electron chi connectivity index (χ3n) is 1.73. The molecule has 0 N–H and O–H groups in total. The molecule has 0 aliphatic heterocycles. The highest BCUT2D eigenvalue weighted by molar-refractivity contribution is 7.13. The summed E-state index contributed by atoms with van der Waals surface area (Å²) in [6.45, 7) is 5.90. The molecule has 0 atom stereocenters. The number of carbonyl (C=O) groups excluding carboxylic acids is 1. The van der Waals surface area contributed by atoms with Crippen molar-refractivity contribution in [3.05, 3.63) is 34.5 Å². The molecule has 1 aromatic rings. The van der Waals surface area contributed by atoms with E-state index in [-0.39, 0.29) is 5.97 Å². The molecule has 76 valence electrons. The van der Waals surface area contributed by atoms with E-state index in [1.165, 1.54) is 16.2 Å². The number of allylic oxidation sites excluding steroid dienone is 1. The predicted octanol–water partition coefficient (Wildman–Crippen LogP) is 3.04. The summed E-state index contributed by atoms with van der Waals surface area (Å²) in [7, 11) is 0. The molecular weight excluding hydrogens is 196 g/mol. The van der Waals surface area contributed by atoms with Crippen molar-refractivity contribution < 1.29 is 9.53 Å². The van der Waals surface area contributed by atoms with Crippen LogP contribution < -0.4 is 0 Å².